The number of ether oxygens (including phenoxy) is 3. The summed E-state index contributed by atoms with van der Waals surface area (Å²) < 4.78 is 43.9. The van der Waals surface area contributed by atoms with Gasteiger partial charge in [-0.15, -0.1) is 0 Å². The highest BCUT2D eigenvalue weighted by Gasteiger charge is 2.67. The fraction of sp³-hybridized carbons (Fsp3) is 0.538. The van der Waals surface area contributed by atoms with Crippen LogP contribution in [0.15, 0.2) is 47.4 Å². The molecule has 1 aliphatic carbocycles. The molecule has 2 aromatic rings. The molecule has 2 heterocycles. The van der Waals surface area contributed by atoms with Gasteiger partial charge in [0.05, 0.1) is 24.5 Å². The number of esters is 2. The Morgan fingerprint density at radius 2 is 1.90 bits per heavy atom. The van der Waals surface area contributed by atoms with E-state index in [-0.39, 0.29) is 24.8 Å². The molecule has 1 aromatic heterocycles. The smallest absolute Gasteiger partial charge is 0.459 e. The molecule has 0 bridgehead atoms. The van der Waals surface area contributed by atoms with Crippen LogP contribution in [0.3, 0.4) is 0 Å². The maximum absolute atomic E-state index is 13.9. The molecule has 3 N–H and O–H groups in total. The molecule has 218 valence electrons. The first-order chi connectivity index (χ1) is 19.0. The normalized spacial score (nSPS) is 23.4. The lowest BCUT2D eigenvalue weighted by atomic mass is 9.96. The molecule has 1 aliphatic heterocycles. The molecule has 1 saturated carbocycles. The molecule has 4 rings (SSSR count). The summed E-state index contributed by atoms with van der Waals surface area (Å²) in [5.41, 5.74) is 4.33. The second-order valence-electron chi connectivity index (χ2n) is 10.1. The summed E-state index contributed by atoms with van der Waals surface area (Å²) in [6.07, 6.45) is 0.129. The Bertz CT molecular complexity index is 1310. The van der Waals surface area contributed by atoms with Crippen molar-refractivity contribution in [2.75, 3.05) is 18.9 Å². The van der Waals surface area contributed by atoms with E-state index in [0.717, 1.165) is 0 Å². The van der Waals surface area contributed by atoms with E-state index < -0.39 is 61.2 Å². The van der Waals surface area contributed by atoms with Crippen molar-refractivity contribution in [1.29, 1.82) is 0 Å². The van der Waals surface area contributed by atoms with E-state index in [0.29, 0.717) is 12.8 Å². The van der Waals surface area contributed by atoms with Crippen molar-refractivity contribution >= 4 is 25.5 Å². The highest BCUT2D eigenvalue weighted by Crippen LogP contribution is 2.63. The monoisotopic (exact) mass is 578 g/mol. The number of carbonyl (C=O) groups is 2. The second kappa shape index (κ2) is 12.1. The van der Waals surface area contributed by atoms with Crippen LogP contribution in [0.1, 0.15) is 46.8 Å². The van der Waals surface area contributed by atoms with E-state index in [9.17, 15) is 18.9 Å². The Balaban J connectivity index is 1.61. The number of hydrogen-bond donors (Lipinski definition) is 2. The third-order valence-corrected chi connectivity index (χ3v) is 8.36. The Morgan fingerprint density at radius 3 is 2.50 bits per heavy atom. The van der Waals surface area contributed by atoms with Crippen LogP contribution in [0.25, 0.3) is 0 Å². The van der Waals surface area contributed by atoms with Gasteiger partial charge >= 0.3 is 25.4 Å². The van der Waals surface area contributed by atoms with Crippen molar-refractivity contribution in [2.45, 2.75) is 65.0 Å². The minimum Gasteiger partial charge on any atom is -0.465 e. The van der Waals surface area contributed by atoms with E-state index in [1.807, 2.05) is 0 Å². The van der Waals surface area contributed by atoms with Crippen molar-refractivity contribution in [2.24, 2.45) is 11.3 Å². The van der Waals surface area contributed by atoms with Crippen LogP contribution in [0.5, 0.6) is 5.75 Å². The van der Waals surface area contributed by atoms with Crippen molar-refractivity contribution in [3.8, 4) is 5.75 Å². The summed E-state index contributed by atoms with van der Waals surface area (Å²) in [6, 6.07) is 8.75. The molecule has 1 aromatic carbocycles. The average molecular weight is 579 g/mol. The van der Waals surface area contributed by atoms with Gasteiger partial charge in [0.15, 0.2) is 0 Å². The van der Waals surface area contributed by atoms with E-state index in [1.54, 1.807) is 51.1 Å². The van der Waals surface area contributed by atoms with Gasteiger partial charge < -0.3 is 24.5 Å². The number of carbonyl (C=O) groups excluding carboxylic acids is 2. The van der Waals surface area contributed by atoms with Crippen molar-refractivity contribution in [3.05, 3.63) is 53.1 Å². The lowest BCUT2D eigenvalue weighted by Crippen LogP contribution is -2.39. The molecule has 5 atom stereocenters. The van der Waals surface area contributed by atoms with Crippen LogP contribution in [0.4, 0.5) is 5.82 Å². The van der Waals surface area contributed by atoms with Gasteiger partial charge in [-0.05, 0) is 44.9 Å². The Kier molecular flexibility index (Phi) is 8.99. The minimum absolute atomic E-state index is 0.0626. The molecule has 0 amide bonds. The summed E-state index contributed by atoms with van der Waals surface area (Å²) in [7, 11) is -4.21. The predicted molar refractivity (Wildman–Crippen MR) is 143 cm³/mol. The first-order valence-electron chi connectivity index (χ1n) is 13.1. The first-order valence-corrected chi connectivity index (χ1v) is 14.7. The molecule has 1 unspecified atom stereocenters. The van der Waals surface area contributed by atoms with Gasteiger partial charge in [0.25, 0.3) is 0 Å². The number of aromatic nitrogens is 2. The van der Waals surface area contributed by atoms with Crippen molar-refractivity contribution in [1.82, 2.24) is 14.6 Å². The number of anilines is 1. The Hall–Kier alpha value is -3.25. The molecule has 14 heteroatoms. The van der Waals surface area contributed by atoms with Gasteiger partial charge in [0.2, 0.25) is 0 Å². The Labute approximate surface area is 231 Å². The highest BCUT2D eigenvalue weighted by atomic mass is 31.2. The van der Waals surface area contributed by atoms with Crippen molar-refractivity contribution in [3.63, 3.8) is 0 Å². The van der Waals surface area contributed by atoms with E-state index in [4.69, 9.17) is 29.0 Å². The van der Waals surface area contributed by atoms with E-state index >= 15 is 0 Å². The third kappa shape index (κ3) is 6.55. The molecular weight excluding hydrogens is 543 g/mol. The van der Waals surface area contributed by atoms with Gasteiger partial charge in [-0.1, -0.05) is 32.0 Å². The quantitative estimate of drug-likeness (QED) is 0.279. The summed E-state index contributed by atoms with van der Waals surface area (Å²) in [5, 5.41) is 2.61. The predicted octanol–water partition coefficient (Wildman–Crippen LogP) is 2.82. The van der Waals surface area contributed by atoms with E-state index in [1.165, 1.54) is 23.8 Å². The van der Waals surface area contributed by atoms with Gasteiger partial charge in [0, 0.05) is 6.20 Å². The third-order valence-electron chi connectivity index (χ3n) is 6.72. The highest BCUT2D eigenvalue weighted by molar-refractivity contribution is 7.52. The van der Waals surface area contributed by atoms with Crippen LogP contribution in [0.2, 0.25) is 0 Å². The number of nitrogens with zero attached hydrogens (tertiary/aromatic N) is 2. The number of rotatable bonds is 12. The molecule has 1 spiro atoms. The molecule has 1 saturated heterocycles. The molecular formula is C26H35N4O9P. The SMILES string of the molecule is CCOC(=O)[C@H](C)NP(=O)(OC[C@H]1O[C@@H](n2ccc(N)nc2=O)C2(CC2)[C@@H]1OC(=O)C(C)C)Oc1ccccc1. The average Bonchev–Trinajstić information content (AvgIpc) is 3.64. The molecule has 2 aliphatic rings. The zero-order chi connectivity index (χ0) is 29.1. The van der Waals surface area contributed by atoms with Crippen LogP contribution in [0, 0.1) is 11.3 Å². The van der Waals surface area contributed by atoms with Gasteiger partial charge in [0.1, 0.15) is 36.0 Å². The molecule has 40 heavy (non-hydrogen) atoms. The largest absolute Gasteiger partial charge is 0.465 e. The zero-order valence-electron chi connectivity index (χ0n) is 22.8. The maximum atomic E-state index is 13.9. The maximum Gasteiger partial charge on any atom is 0.459 e. The van der Waals surface area contributed by atoms with Gasteiger partial charge in [-0.3, -0.25) is 18.7 Å². The molecule has 2 fully saturated rings. The number of hydrogen-bond acceptors (Lipinski definition) is 11. The number of para-hydroxylation sites is 1. The fourth-order valence-electron chi connectivity index (χ4n) is 4.53. The van der Waals surface area contributed by atoms with E-state index in [2.05, 4.69) is 10.1 Å². The number of nitrogen functional groups attached to an aromatic ring is 1. The lowest BCUT2D eigenvalue weighted by molar-refractivity contribution is -0.158. The zero-order valence-corrected chi connectivity index (χ0v) is 23.7. The topological polar surface area (TPSA) is 170 Å². The van der Waals surface area contributed by atoms with Crippen LogP contribution in [-0.2, 0) is 32.9 Å². The minimum atomic E-state index is -4.21. The van der Waals surface area contributed by atoms with Crippen molar-refractivity contribution < 1.29 is 37.4 Å². The summed E-state index contributed by atoms with van der Waals surface area (Å²) >= 11 is 0. The van der Waals surface area contributed by atoms with Crippen LogP contribution < -0.4 is 21.0 Å². The van der Waals surface area contributed by atoms with Crippen LogP contribution in [-0.4, -0.2) is 53.0 Å². The standard InChI is InChI=1S/C26H35N4O9P/c1-5-35-23(32)17(4)29-40(34,39-18-9-7-6-8-10-18)36-15-19-21(38-22(31)16(2)3)26(12-13-26)24(37-19)30-14-11-20(27)28-25(30)33/h6-11,14,16-17,19,21,24H,5,12-13,15H2,1-4H3,(H,29,34)(H2,27,28,33)/t17-,19+,21+,24+,40?/m0/s1. The summed E-state index contributed by atoms with van der Waals surface area (Å²) in [5.74, 6) is -1.22. The van der Waals surface area contributed by atoms with Gasteiger partial charge in [-0.2, -0.15) is 10.1 Å². The second-order valence-corrected chi connectivity index (χ2v) is 11.8. The van der Waals surface area contributed by atoms with Gasteiger partial charge in [-0.25, -0.2) is 9.36 Å². The van der Waals surface area contributed by atoms with Crippen LogP contribution >= 0.6 is 7.75 Å². The Morgan fingerprint density at radius 1 is 1.20 bits per heavy atom. The summed E-state index contributed by atoms with van der Waals surface area (Å²) in [4.78, 5) is 41.4. The fourth-order valence-corrected chi connectivity index (χ4v) is 6.03. The molecule has 0 radical (unpaired) electrons. The summed E-state index contributed by atoms with van der Waals surface area (Å²) in [6.45, 7) is 6.32. The number of nitrogens with one attached hydrogen (secondary N) is 1. The first kappa shape index (κ1) is 29.7. The lowest BCUT2D eigenvalue weighted by Gasteiger charge is -2.27. The number of benzene rings is 1. The number of nitrogens with two attached hydrogens (primary N) is 1. The molecule has 13 nitrogen and oxygen atoms in total.